The van der Waals surface area contributed by atoms with Crippen LogP contribution >= 0.6 is 0 Å². The topological polar surface area (TPSA) is 115 Å². The first kappa shape index (κ1) is 11.0. The van der Waals surface area contributed by atoms with Gasteiger partial charge < -0.3 is 5.73 Å². The Balaban J connectivity index is 3.52. The molecule has 0 amide bonds. The van der Waals surface area contributed by atoms with Crippen LogP contribution < -0.4 is 5.73 Å². The molecular weight excluding hydrogens is 230 g/mol. The molecule has 1 aromatic rings. The van der Waals surface area contributed by atoms with E-state index >= 15 is 0 Å². The van der Waals surface area contributed by atoms with E-state index in [0.29, 0.717) is 0 Å². The molecule has 0 bridgehead atoms. The number of hydrogen-bond donors (Lipinski definition) is 3. The lowest BCUT2D eigenvalue weighted by Gasteiger charge is -2.01. The van der Waals surface area contributed by atoms with Gasteiger partial charge in [-0.3, -0.25) is 4.55 Å². The largest absolute Gasteiger partial charge is 0.398 e. The molecule has 8 heteroatoms. The van der Waals surface area contributed by atoms with Crippen LogP contribution in [0.2, 0.25) is 0 Å². The Morgan fingerprint density at radius 3 is 2.29 bits per heavy atom. The summed E-state index contributed by atoms with van der Waals surface area (Å²) >= 11 is 0. The minimum absolute atomic E-state index is 0.201. The second kappa shape index (κ2) is 3.56. The van der Waals surface area contributed by atoms with Crippen LogP contribution in [0.1, 0.15) is 0 Å². The smallest absolute Gasteiger partial charge is 0.296 e. The fraction of sp³-hybridized carbons (Fsp3) is 0. The molecule has 0 aliphatic carbocycles. The van der Waals surface area contributed by atoms with Gasteiger partial charge in [-0.2, -0.15) is 8.42 Å². The van der Waals surface area contributed by atoms with Crippen molar-refractivity contribution in [2.75, 3.05) is 5.73 Å². The molecule has 0 saturated carbocycles. The van der Waals surface area contributed by atoms with E-state index in [1.165, 1.54) is 0 Å². The van der Waals surface area contributed by atoms with E-state index < -0.39 is 25.7 Å². The first-order valence-electron chi connectivity index (χ1n) is 3.34. The van der Waals surface area contributed by atoms with Crippen LogP contribution in [0.5, 0.6) is 0 Å². The second-order valence-electron chi connectivity index (χ2n) is 2.45. The first-order chi connectivity index (χ1) is 6.32. The van der Waals surface area contributed by atoms with Gasteiger partial charge in [-0.25, -0.2) is 8.42 Å². The highest BCUT2D eigenvalue weighted by atomic mass is 32.2. The average molecular weight is 237 g/mol. The summed E-state index contributed by atoms with van der Waals surface area (Å²) in [6.45, 7) is 0. The molecular formula is C6H7NO5S2. The van der Waals surface area contributed by atoms with Crippen molar-refractivity contribution in [1.82, 2.24) is 0 Å². The van der Waals surface area contributed by atoms with Gasteiger partial charge in [-0.1, -0.05) is 0 Å². The predicted molar refractivity (Wildman–Crippen MR) is 49.2 cm³/mol. The minimum Gasteiger partial charge on any atom is -0.398 e. The lowest BCUT2D eigenvalue weighted by Crippen LogP contribution is -2.03. The van der Waals surface area contributed by atoms with Crippen molar-refractivity contribution in [3.63, 3.8) is 0 Å². The molecule has 1 rings (SSSR count). The van der Waals surface area contributed by atoms with Crippen molar-refractivity contribution in [1.29, 1.82) is 0 Å². The highest BCUT2D eigenvalue weighted by Crippen LogP contribution is 2.19. The molecule has 0 radical (unpaired) electrons. The molecule has 0 aromatic heterocycles. The highest BCUT2D eigenvalue weighted by Gasteiger charge is 2.14. The first-order valence-corrected chi connectivity index (χ1v) is 5.95. The van der Waals surface area contributed by atoms with Gasteiger partial charge in [0.05, 0.1) is 10.6 Å². The molecule has 0 aliphatic rings. The van der Waals surface area contributed by atoms with Gasteiger partial charge in [0.15, 0.2) is 10.7 Å². The Morgan fingerprint density at radius 2 is 1.86 bits per heavy atom. The summed E-state index contributed by atoms with van der Waals surface area (Å²) in [4.78, 5) is -0.823. The molecule has 0 unspecified atom stereocenters. The van der Waals surface area contributed by atoms with Crippen LogP contribution in [0.4, 0.5) is 5.69 Å². The van der Waals surface area contributed by atoms with E-state index in [1.54, 1.807) is 0 Å². The summed E-state index contributed by atoms with van der Waals surface area (Å²) in [6, 6.07) is 3.05. The summed E-state index contributed by atoms with van der Waals surface area (Å²) in [5.41, 5.74) is 5.04. The highest BCUT2D eigenvalue weighted by molar-refractivity contribution is 7.86. The lowest BCUT2D eigenvalue weighted by atomic mass is 10.3. The summed E-state index contributed by atoms with van der Waals surface area (Å²) in [7, 11) is -7.38. The number of benzene rings is 1. The van der Waals surface area contributed by atoms with E-state index in [1.807, 2.05) is 0 Å². The van der Waals surface area contributed by atoms with Crippen molar-refractivity contribution >= 4 is 26.5 Å². The van der Waals surface area contributed by atoms with Crippen molar-refractivity contribution in [3.8, 4) is 0 Å². The van der Waals surface area contributed by atoms with Crippen LogP contribution in [-0.4, -0.2) is 21.4 Å². The zero-order chi connectivity index (χ0) is 10.9. The van der Waals surface area contributed by atoms with Gasteiger partial charge in [-0.15, -0.1) is 0 Å². The van der Waals surface area contributed by atoms with Gasteiger partial charge in [0.2, 0.25) is 0 Å². The monoisotopic (exact) mass is 237 g/mol. The zero-order valence-corrected chi connectivity index (χ0v) is 8.46. The van der Waals surface area contributed by atoms with E-state index in [-0.39, 0.29) is 10.6 Å². The van der Waals surface area contributed by atoms with E-state index in [4.69, 9.17) is 10.3 Å². The van der Waals surface area contributed by atoms with Crippen molar-refractivity contribution < 1.29 is 21.4 Å². The van der Waals surface area contributed by atoms with E-state index in [9.17, 15) is 16.8 Å². The zero-order valence-electron chi connectivity index (χ0n) is 6.75. The van der Waals surface area contributed by atoms with Crippen LogP contribution in [0, 0.1) is 0 Å². The number of hydrogen-bond acceptors (Lipinski definition) is 5. The standard InChI is InChI=1S/C6H7NO5S2/c7-5-2-1-4(13(8)9)3-6(5)14(10,11)12/h1-3,13H,7H2,(H,10,11,12). The van der Waals surface area contributed by atoms with Gasteiger partial charge in [0.1, 0.15) is 4.90 Å². The van der Waals surface area contributed by atoms with E-state index in [0.717, 1.165) is 18.2 Å². The average Bonchev–Trinajstić information content (AvgIpc) is 2.02. The number of thiol groups is 1. The molecule has 0 aliphatic heterocycles. The summed E-state index contributed by atoms with van der Waals surface area (Å²) in [5, 5.41) is 0. The van der Waals surface area contributed by atoms with Crippen LogP contribution in [0.25, 0.3) is 0 Å². The molecule has 0 heterocycles. The minimum atomic E-state index is -4.48. The van der Waals surface area contributed by atoms with Crippen molar-refractivity contribution in [3.05, 3.63) is 18.2 Å². The third-order valence-corrected chi connectivity index (χ3v) is 3.10. The normalized spacial score (nSPS) is 11.9. The Hall–Kier alpha value is -1.12. The lowest BCUT2D eigenvalue weighted by molar-refractivity contribution is 0.483. The third-order valence-electron chi connectivity index (χ3n) is 1.49. The fourth-order valence-electron chi connectivity index (χ4n) is 0.860. The Labute approximate surface area is 82.1 Å². The quantitative estimate of drug-likeness (QED) is 0.362. The Kier molecular flexibility index (Phi) is 2.79. The number of nitrogen functional groups attached to an aromatic ring is 1. The van der Waals surface area contributed by atoms with Crippen LogP contribution in [0.3, 0.4) is 0 Å². The molecule has 6 nitrogen and oxygen atoms in total. The molecule has 14 heavy (non-hydrogen) atoms. The fourth-order valence-corrected chi connectivity index (χ4v) is 2.02. The van der Waals surface area contributed by atoms with Gasteiger partial charge in [-0.05, 0) is 18.2 Å². The molecule has 3 N–H and O–H groups in total. The maximum atomic E-state index is 10.7. The Morgan fingerprint density at radius 1 is 1.29 bits per heavy atom. The SMILES string of the molecule is Nc1ccc([SH](=O)=O)cc1S(=O)(=O)O. The Bertz CT molecular complexity index is 523. The van der Waals surface area contributed by atoms with Gasteiger partial charge in [0.25, 0.3) is 10.1 Å². The van der Waals surface area contributed by atoms with Crippen molar-refractivity contribution in [2.45, 2.75) is 9.79 Å². The summed E-state index contributed by atoms with van der Waals surface area (Å²) in [5.74, 6) is 0. The van der Waals surface area contributed by atoms with Gasteiger partial charge >= 0.3 is 0 Å². The molecule has 0 atom stereocenters. The molecule has 0 fully saturated rings. The summed E-state index contributed by atoms with van der Waals surface area (Å²) < 4.78 is 51.1. The second-order valence-corrected chi connectivity index (χ2v) is 4.87. The molecule has 1 aromatic carbocycles. The maximum Gasteiger partial charge on any atom is 0.296 e. The van der Waals surface area contributed by atoms with Crippen molar-refractivity contribution in [2.24, 2.45) is 0 Å². The number of rotatable bonds is 2. The molecule has 0 spiro atoms. The summed E-state index contributed by atoms with van der Waals surface area (Å²) in [6.07, 6.45) is 0. The van der Waals surface area contributed by atoms with Gasteiger partial charge in [0, 0.05) is 0 Å². The third kappa shape index (κ3) is 2.22. The number of anilines is 1. The molecule has 78 valence electrons. The van der Waals surface area contributed by atoms with Crippen LogP contribution in [0.15, 0.2) is 28.0 Å². The predicted octanol–water partition coefficient (Wildman–Crippen LogP) is -0.514. The van der Waals surface area contributed by atoms with E-state index in [2.05, 4.69) is 0 Å². The van der Waals surface area contributed by atoms with Crippen LogP contribution in [-0.2, 0) is 20.8 Å². The maximum absolute atomic E-state index is 10.7. The molecule has 0 saturated heterocycles. The number of nitrogens with two attached hydrogens (primary N) is 1.